The van der Waals surface area contributed by atoms with Gasteiger partial charge in [-0.05, 0) is 6.26 Å². The monoisotopic (exact) mass is 209 g/mol. The van der Waals surface area contributed by atoms with Crippen molar-refractivity contribution in [3.63, 3.8) is 0 Å². The van der Waals surface area contributed by atoms with Crippen LogP contribution in [-0.4, -0.2) is 22.1 Å². The van der Waals surface area contributed by atoms with Crippen LogP contribution in [0, 0.1) is 0 Å². The van der Waals surface area contributed by atoms with Gasteiger partial charge >= 0.3 is 0 Å². The molecule has 0 atom stereocenters. The molecule has 1 rings (SSSR count). The molecule has 0 saturated heterocycles. The van der Waals surface area contributed by atoms with E-state index in [0.29, 0.717) is 0 Å². The fourth-order valence-corrected chi connectivity index (χ4v) is 1.15. The van der Waals surface area contributed by atoms with Gasteiger partial charge in [-0.1, -0.05) is 23.9 Å². The van der Waals surface area contributed by atoms with Crippen molar-refractivity contribution in [1.82, 2.24) is 9.97 Å². The maximum atomic E-state index is 10.4. The van der Waals surface area contributed by atoms with E-state index >= 15 is 0 Å². The highest BCUT2D eigenvalue weighted by atomic mass is 32.2. The summed E-state index contributed by atoms with van der Waals surface area (Å²) < 4.78 is 0. The van der Waals surface area contributed by atoms with Gasteiger partial charge < -0.3 is 5.73 Å². The van der Waals surface area contributed by atoms with Gasteiger partial charge in [0, 0.05) is 24.4 Å². The quantitative estimate of drug-likeness (QED) is 0.595. The summed E-state index contributed by atoms with van der Waals surface area (Å²) in [5.41, 5.74) is 5.84. The van der Waals surface area contributed by atoms with Gasteiger partial charge in [-0.15, -0.1) is 0 Å². The predicted molar refractivity (Wildman–Crippen MR) is 56.7 cm³/mol. The maximum absolute atomic E-state index is 10.4. The number of nitrogens with zero attached hydrogens (tertiary/aromatic N) is 2. The average molecular weight is 209 g/mol. The molecule has 0 aliphatic carbocycles. The SMILES string of the molecule is CSc1ncc(C=CCC(N)=O)cn1. The lowest BCUT2D eigenvalue weighted by atomic mass is 10.3. The van der Waals surface area contributed by atoms with Gasteiger partial charge in [0.2, 0.25) is 5.91 Å². The van der Waals surface area contributed by atoms with Gasteiger partial charge in [-0.2, -0.15) is 0 Å². The largest absolute Gasteiger partial charge is 0.369 e. The topological polar surface area (TPSA) is 68.9 Å². The number of carbonyl (C=O) groups is 1. The van der Waals surface area contributed by atoms with Crippen molar-refractivity contribution in [2.75, 3.05) is 6.26 Å². The Morgan fingerprint density at radius 1 is 1.57 bits per heavy atom. The van der Waals surface area contributed by atoms with Crippen molar-refractivity contribution in [3.8, 4) is 0 Å². The van der Waals surface area contributed by atoms with E-state index in [1.54, 1.807) is 24.5 Å². The summed E-state index contributed by atoms with van der Waals surface area (Å²) in [6, 6.07) is 0. The minimum Gasteiger partial charge on any atom is -0.369 e. The number of amides is 1. The van der Waals surface area contributed by atoms with Crippen molar-refractivity contribution in [2.24, 2.45) is 5.73 Å². The third-order valence-corrected chi connectivity index (χ3v) is 2.04. The summed E-state index contributed by atoms with van der Waals surface area (Å²) in [7, 11) is 0. The Morgan fingerprint density at radius 3 is 2.71 bits per heavy atom. The van der Waals surface area contributed by atoms with Crippen LogP contribution >= 0.6 is 11.8 Å². The molecule has 1 amide bonds. The Morgan fingerprint density at radius 2 is 2.21 bits per heavy atom. The molecule has 0 fully saturated rings. The third kappa shape index (κ3) is 3.57. The van der Waals surface area contributed by atoms with Crippen LogP contribution in [0.15, 0.2) is 23.6 Å². The predicted octanol–water partition coefficient (Wildman–Crippen LogP) is 1.09. The molecule has 1 heterocycles. The molecule has 14 heavy (non-hydrogen) atoms. The number of rotatable bonds is 4. The van der Waals surface area contributed by atoms with Crippen LogP contribution in [0.5, 0.6) is 0 Å². The second kappa shape index (κ2) is 5.39. The van der Waals surface area contributed by atoms with Gasteiger partial charge in [0.1, 0.15) is 0 Å². The molecule has 1 aromatic rings. The lowest BCUT2D eigenvalue weighted by molar-refractivity contribution is -0.117. The van der Waals surface area contributed by atoms with E-state index in [9.17, 15) is 4.79 Å². The second-order valence-corrected chi connectivity index (χ2v) is 3.35. The second-order valence-electron chi connectivity index (χ2n) is 2.58. The summed E-state index contributed by atoms with van der Waals surface area (Å²) in [5.74, 6) is -0.345. The van der Waals surface area contributed by atoms with Crippen LogP contribution < -0.4 is 5.73 Å². The molecule has 74 valence electrons. The zero-order valence-corrected chi connectivity index (χ0v) is 8.62. The minimum absolute atomic E-state index is 0.240. The summed E-state index contributed by atoms with van der Waals surface area (Å²) in [4.78, 5) is 18.6. The average Bonchev–Trinajstić information content (AvgIpc) is 2.18. The van der Waals surface area contributed by atoms with Gasteiger partial charge in [0.25, 0.3) is 0 Å². The van der Waals surface area contributed by atoms with Gasteiger partial charge in [-0.3, -0.25) is 4.79 Å². The highest BCUT2D eigenvalue weighted by Crippen LogP contribution is 2.07. The van der Waals surface area contributed by atoms with E-state index in [2.05, 4.69) is 9.97 Å². The molecule has 1 aromatic heterocycles. The van der Waals surface area contributed by atoms with Crippen molar-refractivity contribution in [1.29, 1.82) is 0 Å². The Hall–Kier alpha value is -1.36. The zero-order chi connectivity index (χ0) is 10.4. The summed E-state index contributed by atoms with van der Waals surface area (Å²) >= 11 is 1.49. The molecule has 0 aromatic carbocycles. The molecular formula is C9H11N3OS. The first-order valence-corrected chi connectivity index (χ1v) is 5.25. The van der Waals surface area contributed by atoms with E-state index in [0.717, 1.165) is 10.7 Å². The molecule has 0 aliphatic rings. The zero-order valence-electron chi connectivity index (χ0n) is 7.80. The Balaban J connectivity index is 2.59. The van der Waals surface area contributed by atoms with E-state index in [1.165, 1.54) is 11.8 Å². The number of hydrogen-bond donors (Lipinski definition) is 1. The normalized spacial score (nSPS) is 10.6. The lowest BCUT2D eigenvalue weighted by Crippen LogP contribution is -2.07. The fraction of sp³-hybridized carbons (Fsp3) is 0.222. The fourth-order valence-electron chi connectivity index (χ4n) is 0.829. The first-order chi connectivity index (χ1) is 6.72. The summed E-state index contributed by atoms with van der Waals surface area (Å²) in [5, 5.41) is 0.733. The molecular weight excluding hydrogens is 198 g/mol. The smallest absolute Gasteiger partial charge is 0.221 e. The number of nitrogens with two attached hydrogens (primary N) is 1. The minimum atomic E-state index is -0.345. The molecule has 0 saturated carbocycles. The molecule has 4 nitrogen and oxygen atoms in total. The number of thioether (sulfide) groups is 1. The molecule has 0 radical (unpaired) electrons. The van der Waals surface area contributed by atoms with Gasteiger partial charge in [0.15, 0.2) is 5.16 Å². The highest BCUT2D eigenvalue weighted by Gasteiger charge is 1.92. The van der Waals surface area contributed by atoms with Crippen molar-refractivity contribution in [2.45, 2.75) is 11.6 Å². The van der Waals surface area contributed by atoms with Crippen LogP contribution in [0.25, 0.3) is 6.08 Å². The van der Waals surface area contributed by atoms with Crippen LogP contribution in [0.2, 0.25) is 0 Å². The number of aromatic nitrogens is 2. The van der Waals surface area contributed by atoms with E-state index in [-0.39, 0.29) is 12.3 Å². The molecule has 0 bridgehead atoms. The molecule has 0 unspecified atom stereocenters. The van der Waals surface area contributed by atoms with Gasteiger partial charge in [0.05, 0.1) is 0 Å². The molecule has 0 aliphatic heterocycles. The number of hydrogen-bond acceptors (Lipinski definition) is 4. The summed E-state index contributed by atoms with van der Waals surface area (Å²) in [6.45, 7) is 0. The van der Waals surface area contributed by atoms with Crippen LogP contribution in [0.3, 0.4) is 0 Å². The standard InChI is InChI=1S/C9H11N3OS/c1-14-9-11-5-7(6-12-9)3-2-4-8(10)13/h2-3,5-6H,4H2,1H3,(H2,10,13). The van der Waals surface area contributed by atoms with Crippen LogP contribution in [-0.2, 0) is 4.79 Å². The van der Waals surface area contributed by atoms with E-state index in [4.69, 9.17) is 5.73 Å². The van der Waals surface area contributed by atoms with E-state index in [1.807, 2.05) is 6.26 Å². The maximum Gasteiger partial charge on any atom is 0.221 e. The Labute approximate surface area is 86.6 Å². The molecule has 0 spiro atoms. The van der Waals surface area contributed by atoms with Crippen molar-refractivity contribution in [3.05, 3.63) is 24.0 Å². The van der Waals surface area contributed by atoms with Crippen LogP contribution in [0.4, 0.5) is 0 Å². The molecule has 5 heteroatoms. The van der Waals surface area contributed by atoms with Crippen molar-refractivity contribution >= 4 is 23.7 Å². The summed E-state index contributed by atoms with van der Waals surface area (Å²) in [6.07, 6.45) is 9.03. The molecule has 2 N–H and O–H groups in total. The third-order valence-electron chi connectivity index (χ3n) is 1.46. The first-order valence-electron chi connectivity index (χ1n) is 4.03. The lowest BCUT2D eigenvalue weighted by Gasteiger charge is -1.94. The van der Waals surface area contributed by atoms with E-state index < -0.39 is 0 Å². The first kappa shape index (κ1) is 10.7. The number of carbonyl (C=O) groups excluding carboxylic acids is 1. The Kier molecular flexibility index (Phi) is 4.12. The Bertz CT molecular complexity index is 334. The van der Waals surface area contributed by atoms with Crippen molar-refractivity contribution < 1.29 is 4.79 Å². The van der Waals surface area contributed by atoms with Crippen LogP contribution in [0.1, 0.15) is 12.0 Å². The highest BCUT2D eigenvalue weighted by molar-refractivity contribution is 7.98. The number of primary amides is 1. The van der Waals surface area contributed by atoms with Gasteiger partial charge in [-0.25, -0.2) is 9.97 Å².